The van der Waals surface area contributed by atoms with Crippen LogP contribution in [0.3, 0.4) is 0 Å². The van der Waals surface area contributed by atoms with Crippen molar-refractivity contribution >= 4 is 0 Å². The maximum absolute atomic E-state index is 9.79. The SMILES string of the molecule is CC1(C)c2ccc(C#N)cc2-c2ccc(-c3cc(-c4cc(-c5cccnc5)cc(-c5cccnc5)c4)cc(-c4nc(-c5ccccc5)nc(-c5ccc(-c6ccccc6)cc5)n4)c3)cc21. The van der Waals surface area contributed by atoms with Gasteiger partial charge in [0.2, 0.25) is 0 Å². The standard InChI is InChI=1S/C59H40N6/c1-59(2)54-24-17-38(35-60)27-53(54)52-23-22-43(34-55(52)59)46-28-50(49-30-47(44-15-9-25-61-36-44)29-48(31-49)45-16-10-26-62-37-45)33-51(32-46)58-64-56(41-13-7-4-8-14-41)63-57(65-58)42-20-18-40(19-21-42)39-11-5-3-6-12-39/h3-34,36-37H,1-2H3. The molecule has 10 aromatic rings. The van der Waals surface area contributed by atoms with E-state index in [1.54, 1.807) is 12.4 Å². The molecule has 0 unspecified atom stereocenters. The van der Waals surface area contributed by atoms with Gasteiger partial charge in [-0.15, -0.1) is 0 Å². The van der Waals surface area contributed by atoms with Crippen molar-refractivity contribution in [2.24, 2.45) is 0 Å². The summed E-state index contributed by atoms with van der Waals surface area (Å²) in [5.41, 5.74) is 18.3. The van der Waals surface area contributed by atoms with Crippen molar-refractivity contribution in [3.05, 3.63) is 223 Å². The van der Waals surface area contributed by atoms with E-state index in [4.69, 9.17) is 15.0 Å². The number of fused-ring (bicyclic) bond motifs is 3. The molecule has 0 radical (unpaired) electrons. The van der Waals surface area contributed by atoms with Gasteiger partial charge in [-0.3, -0.25) is 9.97 Å². The zero-order chi connectivity index (χ0) is 43.9. The average Bonchev–Trinajstić information content (AvgIpc) is 3.61. The fraction of sp³-hybridized carbons (Fsp3) is 0.0508. The van der Waals surface area contributed by atoms with Crippen LogP contribution in [0.1, 0.15) is 30.5 Å². The molecular weight excluding hydrogens is 793 g/mol. The largest absolute Gasteiger partial charge is 0.264 e. The third kappa shape index (κ3) is 7.45. The predicted molar refractivity (Wildman–Crippen MR) is 261 cm³/mol. The highest BCUT2D eigenvalue weighted by Gasteiger charge is 2.36. The maximum Gasteiger partial charge on any atom is 0.164 e. The molecule has 0 fully saturated rings. The number of pyridine rings is 2. The summed E-state index contributed by atoms with van der Waals surface area (Å²) < 4.78 is 0. The van der Waals surface area contributed by atoms with Crippen LogP contribution in [-0.4, -0.2) is 24.9 Å². The number of aromatic nitrogens is 5. The first-order chi connectivity index (χ1) is 31.9. The van der Waals surface area contributed by atoms with E-state index in [1.807, 2.05) is 73.1 Å². The minimum atomic E-state index is -0.268. The second-order valence-electron chi connectivity index (χ2n) is 17.0. The van der Waals surface area contributed by atoms with Crippen molar-refractivity contribution in [2.45, 2.75) is 19.3 Å². The number of rotatable bonds is 8. The van der Waals surface area contributed by atoms with Crippen LogP contribution in [0.5, 0.6) is 0 Å². The highest BCUT2D eigenvalue weighted by atomic mass is 15.0. The zero-order valence-electron chi connectivity index (χ0n) is 35.8. The predicted octanol–water partition coefficient (Wildman–Crippen LogP) is 14.2. The molecule has 0 saturated carbocycles. The summed E-state index contributed by atoms with van der Waals surface area (Å²) in [5, 5.41) is 9.79. The van der Waals surface area contributed by atoms with Crippen molar-refractivity contribution in [1.82, 2.24) is 24.9 Å². The van der Waals surface area contributed by atoms with Crippen molar-refractivity contribution < 1.29 is 0 Å². The van der Waals surface area contributed by atoms with Gasteiger partial charge in [0, 0.05) is 58.0 Å². The van der Waals surface area contributed by atoms with E-state index < -0.39 is 0 Å². The molecule has 6 heteroatoms. The van der Waals surface area contributed by atoms with Crippen LogP contribution in [0.15, 0.2) is 207 Å². The van der Waals surface area contributed by atoms with Gasteiger partial charge < -0.3 is 0 Å². The molecule has 0 saturated heterocycles. The van der Waals surface area contributed by atoms with E-state index in [2.05, 4.69) is 151 Å². The van der Waals surface area contributed by atoms with Gasteiger partial charge >= 0.3 is 0 Å². The molecule has 1 aliphatic carbocycles. The van der Waals surface area contributed by atoms with Gasteiger partial charge in [0.25, 0.3) is 0 Å². The number of hydrogen-bond acceptors (Lipinski definition) is 6. The Hall–Kier alpha value is -8.66. The van der Waals surface area contributed by atoms with Gasteiger partial charge in [0.1, 0.15) is 0 Å². The number of benzene rings is 7. The topological polar surface area (TPSA) is 88.2 Å². The molecule has 0 amide bonds. The van der Waals surface area contributed by atoms with Crippen LogP contribution in [0, 0.1) is 11.3 Å². The zero-order valence-corrected chi connectivity index (χ0v) is 35.8. The number of hydrogen-bond donors (Lipinski definition) is 0. The molecule has 3 aromatic heterocycles. The molecule has 6 nitrogen and oxygen atoms in total. The second-order valence-corrected chi connectivity index (χ2v) is 17.0. The third-order valence-corrected chi connectivity index (χ3v) is 12.5. The van der Waals surface area contributed by atoms with Crippen LogP contribution in [-0.2, 0) is 5.41 Å². The molecule has 65 heavy (non-hydrogen) atoms. The third-order valence-electron chi connectivity index (χ3n) is 12.5. The quantitative estimate of drug-likeness (QED) is 0.151. The van der Waals surface area contributed by atoms with Gasteiger partial charge in [-0.2, -0.15) is 5.26 Å². The summed E-state index contributed by atoms with van der Waals surface area (Å²) in [6, 6.07) is 65.5. The highest BCUT2D eigenvalue weighted by molar-refractivity contribution is 5.88. The first kappa shape index (κ1) is 39.2. The Morgan fingerprint density at radius 3 is 1.35 bits per heavy atom. The maximum atomic E-state index is 9.79. The van der Waals surface area contributed by atoms with Crippen molar-refractivity contribution in [2.75, 3.05) is 0 Å². The summed E-state index contributed by atoms with van der Waals surface area (Å²) in [6.45, 7) is 4.53. The van der Waals surface area contributed by atoms with Gasteiger partial charge in [0.05, 0.1) is 11.6 Å². The molecule has 11 rings (SSSR count). The Morgan fingerprint density at radius 2 is 0.800 bits per heavy atom. The van der Waals surface area contributed by atoms with Crippen LogP contribution < -0.4 is 0 Å². The van der Waals surface area contributed by atoms with E-state index in [9.17, 15) is 5.26 Å². The molecule has 7 aromatic carbocycles. The summed E-state index contributed by atoms with van der Waals surface area (Å²) in [4.78, 5) is 24.5. The van der Waals surface area contributed by atoms with Gasteiger partial charge in [-0.25, -0.2) is 15.0 Å². The molecule has 0 aliphatic heterocycles. The van der Waals surface area contributed by atoms with E-state index >= 15 is 0 Å². The monoisotopic (exact) mass is 832 g/mol. The Balaban J connectivity index is 1.13. The van der Waals surface area contributed by atoms with E-state index in [1.165, 1.54) is 11.1 Å². The Bertz CT molecular complexity index is 3380. The van der Waals surface area contributed by atoms with Crippen LogP contribution >= 0.6 is 0 Å². The molecule has 3 heterocycles. The minimum absolute atomic E-state index is 0.268. The first-order valence-corrected chi connectivity index (χ1v) is 21.7. The first-order valence-electron chi connectivity index (χ1n) is 21.7. The van der Waals surface area contributed by atoms with Crippen LogP contribution in [0.4, 0.5) is 0 Å². The van der Waals surface area contributed by atoms with Crippen molar-refractivity contribution in [3.63, 3.8) is 0 Å². The van der Waals surface area contributed by atoms with Crippen LogP contribution in [0.2, 0.25) is 0 Å². The lowest BCUT2D eigenvalue weighted by atomic mass is 9.81. The molecule has 306 valence electrons. The summed E-state index contributed by atoms with van der Waals surface area (Å²) in [7, 11) is 0. The molecule has 1 aliphatic rings. The Morgan fingerprint density at radius 1 is 0.354 bits per heavy atom. The lowest BCUT2D eigenvalue weighted by Crippen LogP contribution is -2.15. The molecule has 0 atom stereocenters. The highest BCUT2D eigenvalue weighted by Crippen LogP contribution is 2.50. The normalized spacial score (nSPS) is 12.3. The van der Waals surface area contributed by atoms with E-state index in [0.29, 0.717) is 23.0 Å². The molecule has 0 N–H and O–H groups in total. The fourth-order valence-corrected chi connectivity index (χ4v) is 9.08. The lowest BCUT2D eigenvalue weighted by Gasteiger charge is -2.22. The second kappa shape index (κ2) is 16.2. The fourth-order valence-electron chi connectivity index (χ4n) is 9.08. The minimum Gasteiger partial charge on any atom is -0.264 e. The summed E-state index contributed by atoms with van der Waals surface area (Å²) in [6.07, 6.45) is 7.41. The number of nitrogens with zero attached hydrogens (tertiary/aromatic N) is 6. The van der Waals surface area contributed by atoms with Gasteiger partial charge in [0.15, 0.2) is 17.5 Å². The summed E-state index contributed by atoms with van der Waals surface area (Å²) >= 11 is 0. The van der Waals surface area contributed by atoms with Crippen molar-refractivity contribution in [1.29, 1.82) is 5.26 Å². The van der Waals surface area contributed by atoms with E-state index in [0.717, 1.165) is 83.5 Å². The van der Waals surface area contributed by atoms with Crippen molar-refractivity contribution in [3.8, 4) is 107 Å². The Labute approximate surface area is 378 Å². The smallest absolute Gasteiger partial charge is 0.164 e. The van der Waals surface area contributed by atoms with E-state index in [-0.39, 0.29) is 5.41 Å². The number of nitriles is 1. The van der Waals surface area contributed by atoms with Gasteiger partial charge in [-0.05, 0) is 133 Å². The molecule has 0 bridgehead atoms. The molecular formula is C59H40N6. The van der Waals surface area contributed by atoms with Crippen LogP contribution in [0.25, 0.3) is 101 Å². The van der Waals surface area contributed by atoms with Gasteiger partial charge in [-0.1, -0.05) is 129 Å². The average molecular weight is 833 g/mol. The molecule has 0 spiro atoms. The summed E-state index contributed by atoms with van der Waals surface area (Å²) in [5.74, 6) is 1.75. The Kier molecular flexibility index (Phi) is 9.79. The lowest BCUT2D eigenvalue weighted by molar-refractivity contribution is 0.660.